The van der Waals surface area contributed by atoms with E-state index in [-0.39, 0.29) is 12.0 Å². The van der Waals surface area contributed by atoms with Gasteiger partial charge in [-0.2, -0.15) is 0 Å². The van der Waals surface area contributed by atoms with Gasteiger partial charge in [0.05, 0.1) is 16.1 Å². The molecular weight excluding hydrogens is 430 g/mol. The molecule has 1 saturated carbocycles. The maximum absolute atomic E-state index is 12.9. The van der Waals surface area contributed by atoms with Gasteiger partial charge in [0.2, 0.25) is 0 Å². The first-order valence-electron chi connectivity index (χ1n) is 11.5. The van der Waals surface area contributed by atoms with E-state index in [9.17, 15) is 9.59 Å². The van der Waals surface area contributed by atoms with Crippen LogP contribution in [0.2, 0.25) is 5.02 Å². The Balaban J connectivity index is 1.43. The normalized spacial score (nSPS) is 18.0. The van der Waals surface area contributed by atoms with Crippen LogP contribution in [0, 0.1) is 5.92 Å². The van der Waals surface area contributed by atoms with Crippen molar-refractivity contribution in [2.24, 2.45) is 5.92 Å². The smallest absolute Gasteiger partial charge is 0.450 e. The standard InChI is InChI=1S/C24H30ClN3O4/c25-19-7-8-20-18(22(19)23(29)26-13-10-16-4-2-1-3-5-16)6-9-21(27-20)28-14-11-17(12-15-28)32-24(30)31/h6-9,16-17H,1-5,10-15H2,(H,26,29)(H,30,31). The molecule has 1 amide bonds. The molecule has 4 rings (SSSR count). The molecule has 0 spiro atoms. The molecule has 32 heavy (non-hydrogen) atoms. The highest BCUT2D eigenvalue weighted by Crippen LogP contribution is 2.29. The summed E-state index contributed by atoms with van der Waals surface area (Å²) in [5.74, 6) is 1.36. The molecule has 2 N–H and O–H groups in total. The Morgan fingerprint density at radius 2 is 1.84 bits per heavy atom. The minimum Gasteiger partial charge on any atom is -0.450 e. The van der Waals surface area contributed by atoms with Crippen molar-refractivity contribution in [3.05, 3.63) is 34.9 Å². The Morgan fingerprint density at radius 3 is 2.56 bits per heavy atom. The lowest BCUT2D eigenvalue weighted by Gasteiger charge is -2.32. The van der Waals surface area contributed by atoms with Crippen molar-refractivity contribution in [2.45, 2.75) is 57.5 Å². The third-order valence-electron chi connectivity index (χ3n) is 6.63. The Bertz CT molecular complexity index is 969. The highest BCUT2D eigenvalue weighted by atomic mass is 35.5. The number of carbonyl (C=O) groups is 2. The lowest BCUT2D eigenvalue weighted by atomic mass is 9.87. The maximum Gasteiger partial charge on any atom is 0.506 e. The lowest BCUT2D eigenvalue weighted by molar-refractivity contribution is 0.0415. The second-order valence-corrected chi connectivity index (χ2v) is 9.18. The predicted molar refractivity (Wildman–Crippen MR) is 125 cm³/mol. The zero-order valence-electron chi connectivity index (χ0n) is 18.2. The number of anilines is 1. The number of halogens is 1. The second-order valence-electron chi connectivity index (χ2n) is 8.78. The predicted octanol–water partition coefficient (Wildman–Crippen LogP) is 5.25. The van der Waals surface area contributed by atoms with E-state index < -0.39 is 6.16 Å². The summed E-state index contributed by atoms with van der Waals surface area (Å²) in [7, 11) is 0. The molecule has 172 valence electrons. The zero-order chi connectivity index (χ0) is 22.5. The van der Waals surface area contributed by atoms with Crippen LogP contribution in [0.25, 0.3) is 10.9 Å². The number of ether oxygens (including phenoxy) is 1. The molecule has 8 heteroatoms. The fraction of sp³-hybridized carbons (Fsp3) is 0.542. The van der Waals surface area contributed by atoms with E-state index in [1.165, 1.54) is 32.1 Å². The van der Waals surface area contributed by atoms with E-state index >= 15 is 0 Å². The Kier molecular flexibility index (Phi) is 7.35. The Labute approximate surface area is 193 Å². The number of carboxylic acid groups (broad SMARTS) is 1. The molecule has 0 bridgehead atoms. The number of aromatic nitrogens is 1. The van der Waals surface area contributed by atoms with Crippen LogP contribution in [0.3, 0.4) is 0 Å². The number of rotatable bonds is 6. The van der Waals surface area contributed by atoms with Crippen molar-refractivity contribution in [3.8, 4) is 0 Å². The largest absolute Gasteiger partial charge is 0.506 e. The van der Waals surface area contributed by atoms with Gasteiger partial charge in [0, 0.05) is 37.9 Å². The number of pyridine rings is 1. The number of amides is 1. The monoisotopic (exact) mass is 459 g/mol. The van der Waals surface area contributed by atoms with Crippen LogP contribution < -0.4 is 10.2 Å². The van der Waals surface area contributed by atoms with Gasteiger partial charge in [0.25, 0.3) is 5.91 Å². The molecule has 1 aromatic carbocycles. The van der Waals surface area contributed by atoms with E-state index in [1.807, 2.05) is 18.2 Å². The Hall–Kier alpha value is -2.54. The first-order valence-corrected chi connectivity index (χ1v) is 11.9. The topological polar surface area (TPSA) is 91.8 Å². The third kappa shape index (κ3) is 5.44. The Morgan fingerprint density at radius 1 is 1.09 bits per heavy atom. The summed E-state index contributed by atoms with van der Waals surface area (Å²) in [6.07, 6.45) is 7.21. The van der Waals surface area contributed by atoms with E-state index in [0.29, 0.717) is 54.5 Å². The third-order valence-corrected chi connectivity index (χ3v) is 6.94. The average Bonchev–Trinajstić information content (AvgIpc) is 2.79. The molecule has 0 unspecified atom stereocenters. The SMILES string of the molecule is O=C(O)OC1CCN(c2ccc3c(C(=O)NCCC4CCCCC4)c(Cl)ccc3n2)CC1. The van der Waals surface area contributed by atoms with Gasteiger partial charge in [-0.3, -0.25) is 4.79 Å². The first kappa shape index (κ1) is 22.6. The summed E-state index contributed by atoms with van der Waals surface area (Å²) in [6.45, 7) is 1.99. The maximum atomic E-state index is 12.9. The van der Waals surface area contributed by atoms with Gasteiger partial charge in [-0.1, -0.05) is 43.7 Å². The number of hydrogen-bond acceptors (Lipinski definition) is 5. The summed E-state index contributed by atoms with van der Waals surface area (Å²) in [6, 6.07) is 7.36. The van der Waals surface area contributed by atoms with Crippen molar-refractivity contribution in [1.29, 1.82) is 0 Å². The summed E-state index contributed by atoms with van der Waals surface area (Å²) >= 11 is 6.41. The molecular formula is C24H30ClN3O4. The highest BCUT2D eigenvalue weighted by molar-refractivity contribution is 6.35. The van der Waals surface area contributed by atoms with Gasteiger partial charge in [0.15, 0.2) is 0 Å². The summed E-state index contributed by atoms with van der Waals surface area (Å²) in [5, 5.41) is 13.0. The minimum absolute atomic E-state index is 0.155. The van der Waals surface area contributed by atoms with E-state index in [0.717, 1.165) is 17.6 Å². The van der Waals surface area contributed by atoms with Crippen molar-refractivity contribution >= 4 is 40.4 Å². The van der Waals surface area contributed by atoms with Crippen LogP contribution in [-0.4, -0.2) is 47.9 Å². The first-order chi connectivity index (χ1) is 15.5. The van der Waals surface area contributed by atoms with Crippen LogP contribution in [0.15, 0.2) is 24.3 Å². The fourth-order valence-electron chi connectivity index (χ4n) is 4.87. The van der Waals surface area contributed by atoms with Crippen LogP contribution in [0.4, 0.5) is 10.6 Å². The number of benzene rings is 1. The second kappa shape index (κ2) is 10.4. The van der Waals surface area contributed by atoms with Crippen LogP contribution in [0.5, 0.6) is 0 Å². The molecule has 1 saturated heterocycles. The molecule has 1 aliphatic carbocycles. The van der Waals surface area contributed by atoms with E-state index in [2.05, 4.69) is 10.2 Å². The number of nitrogens with one attached hydrogen (secondary N) is 1. The van der Waals surface area contributed by atoms with Gasteiger partial charge >= 0.3 is 6.16 Å². The molecule has 7 nitrogen and oxygen atoms in total. The molecule has 2 fully saturated rings. The molecule has 1 aliphatic heterocycles. The number of hydrogen-bond donors (Lipinski definition) is 2. The minimum atomic E-state index is -1.23. The van der Waals surface area contributed by atoms with Crippen LogP contribution in [-0.2, 0) is 4.74 Å². The summed E-state index contributed by atoms with van der Waals surface area (Å²) < 4.78 is 4.88. The van der Waals surface area contributed by atoms with Gasteiger partial charge in [-0.05, 0) is 36.6 Å². The van der Waals surface area contributed by atoms with Gasteiger partial charge in [0.1, 0.15) is 11.9 Å². The quantitative estimate of drug-likeness (QED) is 0.573. The molecule has 1 aromatic heterocycles. The number of fused-ring (bicyclic) bond motifs is 1. The molecule has 2 aliphatic rings. The fourth-order valence-corrected chi connectivity index (χ4v) is 5.12. The van der Waals surface area contributed by atoms with Gasteiger partial charge in [-0.15, -0.1) is 0 Å². The lowest BCUT2D eigenvalue weighted by Crippen LogP contribution is -2.38. The molecule has 0 radical (unpaired) electrons. The number of carbonyl (C=O) groups excluding carboxylic acids is 1. The average molecular weight is 460 g/mol. The van der Waals surface area contributed by atoms with E-state index in [4.69, 9.17) is 26.4 Å². The highest BCUT2D eigenvalue weighted by Gasteiger charge is 2.24. The number of nitrogens with zero attached hydrogens (tertiary/aromatic N) is 2. The van der Waals surface area contributed by atoms with Crippen molar-refractivity contribution in [1.82, 2.24) is 10.3 Å². The van der Waals surface area contributed by atoms with E-state index in [1.54, 1.807) is 6.07 Å². The van der Waals surface area contributed by atoms with Crippen LogP contribution >= 0.6 is 11.6 Å². The summed E-state index contributed by atoms with van der Waals surface area (Å²) in [4.78, 5) is 30.5. The van der Waals surface area contributed by atoms with Crippen molar-refractivity contribution in [3.63, 3.8) is 0 Å². The van der Waals surface area contributed by atoms with Crippen molar-refractivity contribution < 1.29 is 19.4 Å². The van der Waals surface area contributed by atoms with Crippen molar-refractivity contribution in [2.75, 3.05) is 24.5 Å². The molecule has 2 aromatic rings. The zero-order valence-corrected chi connectivity index (χ0v) is 18.9. The van der Waals surface area contributed by atoms with Gasteiger partial charge < -0.3 is 20.1 Å². The molecule has 0 atom stereocenters. The summed E-state index contributed by atoms with van der Waals surface area (Å²) in [5.41, 5.74) is 1.19. The van der Waals surface area contributed by atoms with Gasteiger partial charge in [-0.25, -0.2) is 9.78 Å². The molecule has 2 heterocycles. The number of piperidine rings is 1. The van der Waals surface area contributed by atoms with Crippen LogP contribution in [0.1, 0.15) is 61.7 Å².